The third kappa shape index (κ3) is 4.18. The molecule has 2 nitrogen and oxygen atoms in total. The quantitative estimate of drug-likeness (QED) is 0.843. The third-order valence-electron chi connectivity index (χ3n) is 2.23. The first-order valence-corrected chi connectivity index (χ1v) is 9.00. The fourth-order valence-electron chi connectivity index (χ4n) is 1.55. The summed E-state index contributed by atoms with van der Waals surface area (Å²) in [5.74, 6) is -1.72. The molecule has 0 aliphatic heterocycles. The van der Waals surface area contributed by atoms with Crippen LogP contribution in [0.25, 0.3) is 0 Å². The highest BCUT2D eigenvalue weighted by Gasteiger charge is 2.25. The van der Waals surface area contributed by atoms with Crippen LogP contribution in [0.1, 0.15) is 18.6 Å². The van der Waals surface area contributed by atoms with Gasteiger partial charge in [0.05, 0.1) is 6.10 Å². The summed E-state index contributed by atoms with van der Waals surface area (Å²) in [6.07, 6.45) is -0.392. The fourth-order valence-corrected chi connectivity index (χ4v) is 2.66. The zero-order valence-corrected chi connectivity index (χ0v) is 11.6. The van der Waals surface area contributed by atoms with Gasteiger partial charge in [0, 0.05) is 6.04 Å². The minimum atomic E-state index is -1.79. The van der Waals surface area contributed by atoms with Gasteiger partial charge < -0.3 is 10.2 Å². The van der Waals surface area contributed by atoms with E-state index in [1.165, 1.54) is 6.07 Å². The predicted octanol–water partition coefficient (Wildman–Crippen LogP) is 3.20. The van der Waals surface area contributed by atoms with Crippen molar-refractivity contribution in [3.8, 4) is 0 Å². The Morgan fingerprint density at radius 1 is 1.18 bits per heavy atom. The zero-order chi connectivity index (χ0) is 13.2. The molecule has 96 valence electrons. The van der Waals surface area contributed by atoms with E-state index in [9.17, 15) is 8.78 Å². The summed E-state index contributed by atoms with van der Waals surface area (Å²) in [5, 5.41) is 0. The summed E-state index contributed by atoms with van der Waals surface area (Å²) in [6.45, 7) is 7.89. The van der Waals surface area contributed by atoms with E-state index < -0.39 is 26.1 Å². The van der Waals surface area contributed by atoms with Crippen molar-refractivity contribution < 1.29 is 13.2 Å². The fraction of sp³-hybridized carbons (Fsp3) is 0.500. The van der Waals surface area contributed by atoms with Crippen LogP contribution in [0.3, 0.4) is 0 Å². The van der Waals surface area contributed by atoms with Crippen LogP contribution in [0.15, 0.2) is 18.2 Å². The summed E-state index contributed by atoms with van der Waals surface area (Å²) < 4.78 is 31.9. The molecule has 0 saturated carbocycles. The lowest BCUT2D eigenvalue weighted by atomic mass is 10.0. The van der Waals surface area contributed by atoms with Crippen LogP contribution >= 0.6 is 0 Å². The third-order valence-corrected chi connectivity index (χ3v) is 3.19. The molecule has 0 saturated heterocycles. The minimum absolute atomic E-state index is 0.272. The lowest BCUT2D eigenvalue weighted by molar-refractivity contribution is 0.172. The average molecular weight is 259 g/mol. The number of benzene rings is 1. The largest absolute Gasteiger partial charge is 0.409 e. The molecule has 0 amide bonds. The van der Waals surface area contributed by atoms with Gasteiger partial charge in [0.2, 0.25) is 0 Å². The summed E-state index contributed by atoms with van der Waals surface area (Å²) in [7, 11) is -1.79. The second-order valence-electron chi connectivity index (χ2n) is 5.18. The first kappa shape index (κ1) is 14.3. The van der Waals surface area contributed by atoms with Crippen molar-refractivity contribution in [2.45, 2.75) is 38.7 Å². The Morgan fingerprint density at radius 2 is 1.76 bits per heavy atom. The lowest BCUT2D eigenvalue weighted by Crippen LogP contribution is -2.36. The molecule has 2 N–H and O–H groups in total. The molecule has 1 aromatic carbocycles. The number of halogens is 2. The highest BCUT2D eigenvalue weighted by molar-refractivity contribution is 6.69. The first-order chi connectivity index (χ1) is 7.70. The van der Waals surface area contributed by atoms with Crippen molar-refractivity contribution in [2.24, 2.45) is 5.73 Å². The van der Waals surface area contributed by atoms with Gasteiger partial charge in [-0.25, -0.2) is 8.78 Å². The number of nitrogens with two attached hydrogens (primary N) is 1. The predicted molar refractivity (Wildman–Crippen MR) is 67.2 cm³/mol. The van der Waals surface area contributed by atoms with Crippen molar-refractivity contribution in [3.05, 3.63) is 35.4 Å². The van der Waals surface area contributed by atoms with E-state index in [0.717, 1.165) is 12.1 Å². The Bertz CT molecular complexity index is 391. The lowest BCUT2D eigenvalue weighted by Gasteiger charge is -2.29. The van der Waals surface area contributed by atoms with Gasteiger partial charge in [0.25, 0.3) is 0 Å². The Balaban J connectivity index is 3.02. The summed E-state index contributed by atoms with van der Waals surface area (Å²) in [4.78, 5) is 0. The Hall–Kier alpha value is -0.783. The molecule has 0 heterocycles. The van der Waals surface area contributed by atoms with Crippen molar-refractivity contribution >= 4 is 8.32 Å². The van der Waals surface area contributed by atoms with Gasteiger partial charge in [-0.1, -0.05) is 6.07 Å². The molecule has 0 spiro atoms. The molecule has 0 aromatic heterocycles. The topological polar surface area (TPSA) is 35.2 Å². The molecule has 2 unspecified atom stereocenters. The Kier molecular flexibility index (Phi) is 4.40. The average Bonchev–Trinajstić information content (AvgIpc) is 2.17. The van der Waals surface area contributed by atoms with Gasteiger partial charge in [0.15, 0.2) is 20.0 Å². The van der Waals surface area contributed by atoms with Crippen LogP contribution < -0.4 is 5.73 Å². The Labute approximate surface area is 102 Å². The van der Waals surface area contributed by atoms with Crippen molar-refractivity contribution in [1.82, 2.24) is 0 Å². The minimum Gasteiger partial charge on any atom is -0.409 e. The standard InChI is InChI=1S/C12H19F2NOSi/c1-8(15)12(16-17(2,3)4)9-5-6-10(13)11(14)7-9/h5-8,12H,15H2,1-4H3. The molecule has 1 rings (SSSR count). The highest BCUT2D eigenvalue weighted by Crippen LogP contribution is 2.25. The van der Waals surface area contributed by atoms with Gasteiger partial charge >= 0.3 is 0 Å². The second-order valence-corrected chi connectivity index (χ2v) is 9.64. The first-order valence-electron chi connectivity index (χ1n) is 5.59. The van der Waals surface area contributed by atoms with Gasteiger partial charge in [0.1, 0.15) is 0 Å². The molecule has 0 aliphatic rings. The molecule has 1 aromatic rings. The van der Waals surface area contributed by atoms with E-state index in [1.54, 1.807) is 6.92 Å². The normalized spacial score (nSPS) is 15.7. The van der Waals surface area contributed by atoms with E-state index >= 15 is 0 Å². The van der Waals surface area contributed by atoms with Crippen molar-refractivity contribution in [1.29, 1.82) is 0 Å². The molecule has 0 aliphatic carbocycles. The summed E-state index contributed by atoms with van der Waals surface area (Å²) in [5.41, 5.74) is 6.43. The molecule has 17 heavy (non-hydrogen) atoms. The molecular weight excluding hydrogens is 240 g/mol. The molecule has 2 atom stereocenters. The molecule has 0 radical (unpaired) electrons. The molecular formula is C12H19F2NOSi. The number of rotatable bonds is 4. The van der Waals surface area contributed by atoms with Gasteiger partial charge in [-0.15, -0.1) is 0 Å². The van der Waals surface area contributed by atoms with Crippen molar-refractivity contribution in [2.75, 3.05) is 0 Å². The Morgan fingerprint density at radius 3 is 2.18 bits per heavy atom. The van der Waals surface area contributed by atoms with Crippen molar-refractivity contribution in [3.63, 3.8) is 0 Å². The maximum atomic E-state index is 13.2. The van der Waals surface area contributed by atoms with Crippen LogP contribution in [-0.2, 0) is 4.43 Å². The van der Waals surface area contributed by atoms with E-state index in [2.05, 4.69) is 0 Å². The van der Waals surface area contributed by atoms with Gasteiger partial charge in [-0.2, -0.15) is 0 Å². The van der Waals surface area contributed by atoms with Crippen LogP contribution in [0, 0.1) is 11.6 Å². The van der Waals surface area contributed by atoms with Crippen LogP contribution in [0.5, 0.6) is 0 Å². The van der Waals surface area contributed by atoms with Crippen LogP contribution in [0.4, 0.5) is 8.78 Å². The summed E-state index contributed by atoms with van der Waals surface area (Å²) in [6, 6.07) is 3.51. The molecule has 5 heteroatoms. The number of hydrogen-bond acceptors (Lipinski definition) is 2. The maximum absolute atomic E-state index is 13.2. The smallest absolute Gasteiger partial charge is 0.184 e. The van der Waals surface area contributed by atoms with E-state index in [1.807, 2.05) is 19.6 Å². The summed E-state index contributed by atoms with van der Waals surface area (Å²) >= 11 is 0. The van der Waals surface area contributed by atoms with Gasteiger partial charge in [-0.3, -0.25) is 0 Å². The van der Waals surface area contributed by atoms with Crippen LogP contribution in [-0.4, -0.2) is 14.4 Å². The molecule has 0 fully saturated rings. The maximum Gasteiger partial charge on any atom is 0.184 e. The van der Waals surface area contributed by atoms with Crippen LogP contribution in [0.2, 0.25) is 19.6 Å². The monoisotopic (exact) mass is 259 g/mol. The molecule has 0 bridgehead atoms. The zero-order valence-electron chi connectivity index (χ0n) is 10.6. The van der Waals surface area contributed by atoms with E-state index in [4.69, 9.17) is 10.2 Å². The van der Waals surface area contributed by atoms with E-state index in [-0.39, 0.29) is 6.04 Å². The highest BCUT2D eigenvalue weighted by atomic mass is 28.4. The SMILES string of the molecule is CC(N)C(O[Si](C)(C)C)c1ccc(F)c(F)c1. The van der Waals surface area contributed by atoms with Gasteiger partial charge in [-0.05, 0) is 44.3 Å². The second kappa shape index (κ2) is 5.24. The van der Waals surface area contributed by atoms with E-state index in [0.29, 0.717) is 5.56 Å². The number of hydrogen-bond donors (Lipinski definition) is 1.